The number of hydrogen-bond acceptors (Lipinski definition) is 15. The van der Waals surface area contributed by atoms with Crippen LogP contribution in [0.5, 0.6) is 0 Å². The molecule has 19 heteroatoms. The predicted octanol–water partition coefficient (Wildman–Crippen LogP) is 23.0. The first-order valence-corrected chi connectivity index (χ1v) is 43.3. The van der Waals surface area contributed by atoms with Gasteiger partial charge in [0.05, 0.1) is 26.4 Å². The molecule has 0 aliphatic carbocycles. The standard InChI is InChI=1S/C78H152O17P2/c1-8-9-10-11-12-38-45-52-59-75(80)88-65-73(95-78(83)62-55-48-41-34-28-31-37-44-51-58-71(6)7)67-92-96(84,85)90-63-72(79)64-91-97(86,87)93-68-74(66-89-76(81)60-53-46-39-32-26-22-19-15-17-21-25-30-36-43-50-57-70(4)5)94-77(82)61-54-47-40-33-27-23-18-14-13-16-20-24-29-35-42-49-56-69(2)3/h69-74,79H,8-68H2,1-7H3,(H,84,85)(H,86,87)/t72-,73+,74+/m0/s1. The average molecular weight is 1420 g/mol. The molecule has 0 aliphatic rings. The molecule has 0 saturated carbocycles. The van der Waals surface area contributed by atoms with E-state index in [1.165, 1.54) is 205 Å². The van der Waals surface area contributed by atoms with Crippen molar-refractivity contribution in [2.45, 2.75) is 420 Å². The van der Waals surface area contributed by atoms with Crippen LogP contribution in [0.4, 0.5) is 0 Å². The van der Waals surface area contributed by atoms with Crippen molar-refractivity contribution in [2.24, 2.45) is 17.8 Å². The monoisotopic (exact) mass is 1420 g/mol. The van der Waals surface area contributed by atoms with Gasteiger partial charge in [0.1, 0.15) is 19.3 Å². The van der Waals surface area contributed by atoms with E-state index in [0.29, 0.717) is 25.7 Å². The minimum Gasteiger partial charge on any atom is -0.462 e. The first-order chi connectivity index (χ1) is 46.7. The highest BCUT2D eigenvalue weighted by Crippen LogP contribution is 2.45. The molecule has 576 valence electrons. The Kier molecular flexibility index (Phi) is 67.1. The number of carbonyl (C=O) groups is 4. The molecule has 97 heavy (non-hydrogen) atoms. The molecule has 2 unspecified atom stereocenters. The van der Waals surface area contributed by atoms with Crippen LogP contribution in [0, 0.1) is 17.8 Å². The number of rotatable bonds is 76. The zero-order valence-corrected chi connectivity index (χ0v) is 65.3. The molecular formula is C78H152O17P2. The zero-order valence-electron chi connectivity index (χ0n) is 63.5. The molecule has 17 nitrogen and oxygen atoms in total. The number of phosphoric ester groups is 2. The molecule has 0 aromatic carbocycles. The Bertz CT molecular complexity index is 1890. The second-order valence-electron chi connectivity index (χ2n) is 29.5. The molecule has 0 saturated heterocycles. The summed E-state index contributed by atoms with van der Waals surface area (Å²) in [5.74, 6) is 0.234. The van der Waals surface area contributed by atoms with Gasteiger partial charge in [0.15, 0.2) is 12.2 Å². The van der Waals surface area contributed by atoms with Gasteiger partial charge in [0.25, 0.3) is 0 Å². The number of unbranched alkanes of at least 4 members (excludes halogenated alkanes) is 44. The predicted molar refractivity (Wildman–Crippen MR) is 395 cm³/mol. The second kappa shape index (κ2) is 68.5. The first kappa shape index (κ1) is 95.1. The van der Waals surface area contributed by atoms with Crippen LogP contribution in [-0.4, -0.2) is 96.7 Å². The van der Waals surface area contributed by atoms with Gasteiger partial charge >= 0.3 is 39.5 Å². The van der Waals surface area contributed by atoms with E-state index in [-0.39, 0.29) is 25.7 Å². The van der Waals surface area contributed by atoms with Crippen molar-refractivity contribution >= 4 is 39.5 Å². The minimum atomic E-state index is -4.96. The third-order valence-electron chi connectivity index (χ3n) is 18.1. The molecular weight excluding hydrogens is 1270 g/mol. The topological polar surface area (TPSA) is 237 Å². The van der Waals surface area contributed by atoms with Gasteiger partial charge in [0.2, 0.25) is 0 Å². The van der Waals surface area contributed by atoms with Gasteiger partial charge in [-0.05, 0) is 43.4 Å². The number of hydrogen-bond donors (Lipinski definition) is 3. The van der Waals surface area contributed by atoms with E-state index in [9.17, 15) is 43.2 Å². The number of aliphatic hydroxyl groups excluding tert-OH is 1. The molecule has 0 aromatic heterocycles. The Morgan fingerprint density at radius 2 is 0.474 bits per heavy atom. The number of carbonyl (C=O) groups excluding carboxylic acids is 4. The van der Waals surface area contributed by atoms with Crippen LogP contribution < -0.4 is 0 Å². The summed E-state index contributed by atoms with van der Waals surface area (Å²) in [6.45, 7) is 11.9. The molecule has 0 radical (unpaired) electrons. The summed E-state index contributed by atoms with van der Waals surface area (Å²) >= 11 is 0. The Morgan fingerprint density at radius 1 is 0.278 bits per heavy atom. The van der Waals surface area contributed by atoms with Gasteiger partial charge < -0.3 is 33.8 Å². The van der Waals surface area contributed by atoms with E-state index in [1.54, 1.807) is 0 Å². The van der Waals surface area contributed by atoms with Crippen LogP contribution in [0.3, 0.4) is 0 Å². The largest absolute Gasteiger partial charge is 0.472 e. The molecule has 0 bridgehead atoms. The van der Waals surface area contributed by atoms with Crippen molar-refractivity contribution in [2.75, 3.05) is 39.6 Å². The maximum absolute atomic E-state index is 13.1. The average Bonchev–Trinajstić information content (AvgIpc) is 2.20. The first-order valence-electron chi connectivity index (χ1n) is 40.3. The van der Waals surface area contributed by atoms with Crippen molar-refractivity contribution in [1.82, 2.24) is 0 Å². The number of ether oxygens (including phenoxy) is 4. The van der Waals surface area contributed by atoms with E-state index in [4.69, 9.17) is 37.0 Å². The molecule has 5 atom stereocenters. The van der Waals surface area contributed by atoms with E-state index in [1.807, 2.05) is 0 Å². The maximum Gasteiger partial charge on any atom is 0.472 e. The second-order valence-corrected chi connectivity index (χ2v) is 32.4. The fraction of sp³-hybridized carbons (Fsp3) is 0.949. The van der Waals surface area contributed by atoms with Crippen LogP contribution in [0.1, 0.15) is 402 Å². The molecule has 0 aliphatic heterocycles. The Hall–Kier alpha value is -1.94. The quantitative estimate of drug-likeness (QED) is 0.0222. The molecule has 0 fully saturated rings. The van der Waals surface area contributed by atoms with Crippen molar-refractivity contribution in [3.05, 3.63) is 0 Å². The van der Waals surface area contributed by atoms with Crippen LogP contribution in [0.2, 0.25) is 0 Å². The maximum atomic E-state index is 13.1. The van der Waals surface area contributed by atoms with Gasteiger partial charge in [0, 0.05) is 25.7 Å². The Labute approximate surface area is 594 Å². The van der Waals surface area contributed by atoms with E-state index < -0.39 is 97.5 Å². The normalized spacial score (nSPS) is 14.0. The highest BCUT2D eigenvalue weighted by atomic mass is 31.2. The summed E-state index contributed by atoms with van der Waals surface area (Å²) < 4.78 is 68.5. The van der Waals surface area contributed by atoms with Crippen LogP contribution in [0.15, 0.2) is 0 Å². The Morgan fingerprint density at radius 3 is 0.701 bits per heavy atom. The minimum absolute atomic E-state index is 0.105. The molecule has 0 aromatic rings. The van der Waals surface area contributed by atoms with Crippen LogP contribution in [-0.2, 0) is 65.4 Å². The lowest BCUT2D eigenvalue weighted by atomic mass is 10.0. The number of phosphoric acid groups is 2. The fourth-order valence-corrected chi connectivity index (χ4v) is 13.5. The van der Waals surface area contributed by atoms with E-state index in [0.717, 1.165) is 114 Å². The molecule has 0 heterocycles. The van der Waals surface area contributed by atoms with Crippen LogP contribution >= 0.6 is 15.6 Å². The lowest BCUT2D eigenvalue weighted by Crippen LogP contribution is -2.30. The molecule has 0 spiro atoms. The summed E-state index contributed by atoms with van der Waals surface area (Å²) in [5.41, 5.74) is 0. The summed E-state index contributed by atoms with van der Waals surface area (Å²) in [6.07, 6.45) is 55.6. The third-order valence-corrected chi connectivity index (χ3v) is 20.0. The zero-order chi connectivity index (χ0) is 71.6. The summed E-state index contributed by atoms with van der Waals surface area (Å²) in [5, 5.41) is 10.6. The Balaban J connectivity index is 5.20. The fourth-order valence-electron chi connectivity index (χ4n) is 12.0. The van der Waals surface area contributed by atoms with Crippen molar-refractivity contribution in [3.63, 3.8) is 0 Å². The smallest absolute Gasteiger partial charge is 0.462 e. The number of esters is 4. The van der Waals surface area contributed by atoms with Gasteiger partial charge in [-0.1, -0.05) is 350 Å². The van der Waals surface area contributed by atoms with E-state index in [2.05, 4.69) is 48.5 Å². The van der Waals surface area contributed by atoms with Crippen molar-refractivity contribution in [1.29, 1.82) is 0 Å². The number of aliphatic hydroxyl groups is 1. The summed E-state index contributed by atoms with van der Waals surface area (Å²) in [4.78, 5) is 72.8. The molecule has 3 N–H and O–H groups in total. The summed E-state index contributed by atoms with van der Waals surface area (Å²) in [6, 6.07) is 0. The highest BCUT2D eigenvalue weighted by Gasteiger charge is 2.30. The lowest BCUT2D eigenvalue weighted by Gasteiger charge is -2.21. The van der Waals surface area contributed by atoms with Crippen molar-refractivity contribution in [3.8, 4) is 0 Å². The van der Waals surface area contributed by atoms with E-state index >= 15 is 0 Å². The van der Waals surface area contributed by atoms with Gasteiger partial charge in [-0.15, -0.1) is 0 Å². The van der Waals surface area contributed by atoms with Crippen LogP contribution in [0.25, 0.3) is 0 Å². The third kappa shape index (κ3) is 72.2. The molecule has 0 amide bonds. The summed E-state index contributed by atoms with van der Waals surface area (Å²) in [7, 11) is -9.91. The molecule has 0 rings (SSSR count). The van der Waals surface area contributed by atoms with Gasteiger partial charge in [-0.25, -0.2) is 9.13 Å². The van der Waals surface area contributed by atoms with Gasteiger partial charge in [-0.3, -0.25) is 37.3 Å². The SMILES string of the molecule is CCCCCCCCCCC(=O)OC[C@H](COP(=O)(O)OC[C@H](O)COP(=O)(O)OC[C@@H](COC(=O)CCCCCCCCCCCCCCCCCC(C)C)OC(=O)CCCCCCCCCCCCCCCCCCC(C)C)OC(=O)CCCCCCCCCCCC(C)C. The van der Waals surface area contributed by atoms with Gasteiger partial charge in [-0.2, -0.15) is 0 Å². The highest BCUT2D eigenvalue weighted by molar-refractivity contribution is 7.47. The van der Waals surface area contributed by atoms with Crippen molar-refractivity contribution < 1.29 is 80.2 Å². The lowest BCUT2D eigenvalue weighted by molar-refractivity contribution is -0.161.